The minimum atomic E-state index is -4.72. The number of alkyl halides is 6. The summed E-state index contributed by atoms with van der Waals surface area (Å²) in [5.74, 6) is -1.34. The lowest BCUT2D eigenvalue weighted by atomic mass is 10.0. The maximum atomic E-state index is 13.8. The third-order valence-corrected chi connectivity index (χ3v) is 14.9. The van der Waals surface area contributed by atoms with E-state index in [0.717, 1.165) is 84.1 Å². The Labute approximate surface area is 415 Å². The van der Waals surface area contributed by atoms with Gasteiger partial charge in [-0.1, -0.05) is 57.1 Å². The summed E-state index contributed by atoms with van der Waals surface area (Å²) in [4.78, 5) is 55.3. The number of Topliss-reactive ketones (excluding diaryl/α,β-unsaturated/α-hetero) is 1. The number of amides is 1. The standard InChI is InChI=1S/C53H47F6N5O6S2/c1-34-47(71(69)42-23-19-36(32-60)20-24-42)30-44(50(67)63(34)40-16-12-14-38(28-40)52(54,55)56)46(65)18-10-8-6-4-3-5-7-9-11-27-62-49(66)45-31-48(72(70)43-25-21-37(33-61)22-26-43)35(2)64(51(45)68)41-17-13-15-39(29-41)53(57,58)59/h12-17,19-26,28-31H,3-11,18,27H2,1-2H3,(H,62,66). The lowest BCUT2D eigenvalue weighted by Gasteiger charge is -2.18. The van der Waals surface area contributed by atoms with E-state index in [1.54, 1.807) is 0 Å². The van der Waals surface area contributed by atoms with Gasteiger partial charge in [-0.25, -0.2) is 8.42 Å². The van der Waals surface area contributed by atoms with Gasteiger partial charge in [0.25, 0.3) is 17.0 Å². The number of unbranched alkanes of at least 4 members (excludes halogenated alkanes) is 8. The van der Waals surface area contributed by atoms with Gasteiger partial charge in [-0.3, -0.25) is 28.3 Å². The molecule has 4 aromatic carbocycles. The highest BCUT2D eigenvalue weighted by molar-refractivity contribution is 7.85. The molecule has 0 aliphatic heterocycles. The van der Waals surface area contributed by atoms with Crippen molar-refractivity contribution in [3.63, 3.8) is 0 Å². The fourth-order valence-corrected chi connectivity index (χ4v) is 10.4. The zero-order valence-electron chi connectivity index (χ0n) is 39.0. The predicted octanol–water partition coefficient (Wildman–Crippen LogP) is 11.2. The Balaban J connectivity index is 1.02. The minimum absolute atomic E-state index is 0.0196. The van der Waals surface area contributed by atoms with Crippen molar-refractivity contribution in [2.24, 2.45) is 0 Å². The van der Waals surface area contributed by atoms with E-state index < -0.39 is 73.5 Å². The van der Waals surface area contributed by atoms with Gasteiger partial charge in [0.1, 0.15) is 5.56 Å². The third-order valence-electron chi connectivity index (χ3n) is 11.9. The molecule has 0 aliphatic carbocycles. The first kappa shape index (κ1) is 54.1. The van der Waals surface area contributed by atoms with Crippen LogP contribution >= 0.6 is 0 Å². The molecule has 11 nitrogen and oxygen atoms in total. The van der Waals surface area contributed by atoms with Crippen molar-refractivity contribution >= 4 is 33.3 Å². The van der Waals surface area contributed by atoms with Crippen LogP contribution < -0.4 is 16.4 Å². The number of nitrogens with zero attached hydrogens (tertiary/aromatic N) is 4. The molecule has 2 unspecified atom stereocenters. The second-order valence-electron chi connectivity index (χ2n) is 16.8. The SMILES string of the molecule is Cc1c(S(=O)c2ccc(C#N)cc2)cc(C(=O)CCCCCCCCCCCNC(=O)c2cc(S(=O)c3ccc(C#N)cc3)c(C)n(-c3cccc(C(F)(F)F)c3)c2=O)c(=O)n1-c1cccc(C(F)(F)F)c1. The average molecular weight is 1030 g/mol. The molecule has 2 atom stereocenters. The Kier molecular flexibility index (Phi) is 17.9. The lowest BCUT2D eigenvalue weighted by Crippen LogP contribution is -2.34. The van der Waals surface area contributed by atoms with Crippen LogP contribution in [0.4, 0.5) is 26.3 Å². The van der Waals surface area contributed by atoms with Gasteiger partial charge in [-0.2, -0.15) is 36.9 Å². The maximum Gasteiger partial charge on any atom is 0.416 e. The van der Waals surface area contributed by atoms with E-state index in [4.69, 9.17) is 0 Å². The highest BCUT2D eigenvalue weighted by Crippen LogP contribution is 2.33. The first-order valence-corrected chi connectivity index (χ1v) is 25.1. The van der Waals surface area contributed by atoms with Crippen LogP contribution in [-0.2, 0) is 34.0 Å². The smallest absolute Gasteiger partial charge is 0.352 e. The molecule has 1 N–H and O–H groups in total. The van der Waals surface area contributed by atoms with Crippen molar-refractivity contribution in [2.75, 3.05) is 6.54 Å². The largest absolute Gasteiger partial charge is 0.416 e. The van der Waals surface area contributed by atoms with Crippen LogP contribution in [0.3, 0.4) is 0 Å². The number of pyridine rings is 2. The fourth-order valence-electron chi connectivity index (χ4n) is 8.00. The fraction of sp³-hybridized carbons (Fsp3) is 0.283. The van der Waals surface area contributed by atoms with E-state index in [0.29, 0.717) is 30.4 Å². The number of nitrogens with one attached hydrogen (secondary N) is 1. The van der Waals surface area contributed by atoms with Crippen LogP contribution in [0.2, 0.25) is 0 Å². The molecule has 0 radical (unpaired) electrons. The van der Waals surface area contributed by atoms with Crippen LogP contribution in [0.5, 0.6) is 0 Å². The molecule has 72 heavy (non-hydrogen) atoms. The molecular formula is C53H47F6N5O6S2. The number of halogens is 6. The molecule has 6 rings (SSSR count). The predicted molar refractivity (Wildman–Crippen MR) is 258 cm³/mol. The second kappa shape index (κ2) is 23.8. The van der Waals surface area contributed by atoms with Crippen molar-refractivity contribution in [3.05, 3.63) is 175 Å². The summed E-state index contributed by atoms with van der Waals surface area (Å²) in [6.45, 7) is 3.04. The highest BCUT2D eigenvalue weighted by Gasteiger charge is 2.33. The second-order valence-corrected chi connectivity index (χ2v) is 19.7. The van der Waals surface area contributed by atoms with Crippen LogP contribution in [0.25, 0.3) is 11.4 Å². The maximum absolute atomic E-state index is 13.8. The third kappa shape index (κ3) is 13.0. The van der Waals surface area contributed by atoms with Gasteiger partial charge >= 0.3 is 12.4 Å². The molecule has 0 aliphatic rings. The molecule has 1 amide bonds. The number of ketones is 1. The van der Waals surface area contributed by atoms with Gasteiger partial charge in [0.2, 0.25) is 0 Å². The summed E-state index contributed by atoms with van der Waals surface area (Å²) in [6.07, 6.45) is -3.01. The topological polar surface area (TPSA) is 172 Å². The number of rotatable bonds is 20. The van der Waals surface area contributed by atoms with E-state index in [1.807, 2.05) is 12.1 Å². The minimum Gasteiger partial charge on any atom is -0.352 e. The molecule has 0 saturated carbocycles. The first-order valence-electron chi connectivity index (χ1n) is 22.8. The van der Waals surface area contributed by atoms with Gasteiger partial charge in [-0.15, -0.1) is 0 Å². The monoisotopic (exact) mass is 1030 g/mol. The van der Waals surface area contributed by atoms with E-state index >= 15 is 0 Å². The van der Waals surface area contributed by atoms with E-state index in [1.165, 1.54) is 86.6 Å². The van der Waals surface area contributed by atoms with Crippen LogP contribution in [0.15, 0.2) is 138 Å². The van der Waals surface area contributed by atoms with Crippen LogP contribution in [0, 0.1) is 36.5 Å². The number of aromatic nitrogens is 2. The van der Waals surface area contributed by atoms with E-state index in [2.05, 4.69) is 5.32 Å². The summed E-state index contributed by atoms with van der Waals surface area (Å²) in [5, 5.41) is 21.1. The van der Waals surface area contributed by atoms with Gasteiger partial charge < -0.3 is 5.32 Å². The Morgan fingerprint density at radius 2 is 0.944 bits per heavy atom. The summed E-state index contributed by atoms with van der Waals surface area (Å²) in [6, 6.07) is 26.1. The highest BCUT2D eigenvalue weighted by atomic mass is 32.2. The molecule has 19 heteroatoms. The van der Waals surface area contributed by atoms with Crippen LogP contribution in [-0.4, -0.2) is 35.8 Å². The zero-order chi connectivity index (χ0) is 52.3. The molecule has 0 bridgehead atoms. The van der Waals surface area contributed by atoms with Crippen molar-refractivity contribution < 1.29 is 44.3 Å². The van der Waals surface area contributed by atoms with Crippen molar-refractivity contribution in [3.8, 4) is 23.5 Å². The van der Waals surface area contributed by atoms with Gasteiger partial charge in [0, 0.05) is 45.5 Å². The van der Waals surface area contributed by atoms with Gasteiger partial charge in [0.05, 0.1) is 71.3 Å². The molecular weight excluding hydrogens is 981 g/mol. The van der Waals surface area contributed by atoms with E-state index in [9.17, 15) is 64.5 Å². The van der Waals surface area contributed by atoms with Crippen LogP contribution in [0.1, 0.15) is 119 Å². The number of hydrogen-bond donors (Lipinski definition) is 1. The van der Waals surface area contributed by atoms with Gasteiger partial charge in [0.15, 0.2) is 5.78 Å². The number of nitriles is 2. The summed E-state index contributed by atoms with van der Waals surface area (Å²) in [5.41, 5.74) is -4.05. The van der Waals surface area contributed by atoms with Gasteiger partial charge in [-0.05, 0) is 124 Å². The quantitative estimate of drug-likeness (QED) is 0.0447. The Hall–Kier alpha value is -7.22. The molecule has 2 heterocycles. The summed E-state index contributed by atoms with van der Waals surface area (Å²) in [7, 11) is -3.97. The first-order chi connectivity index (χ1) is 34.2. The Bertz CT molecular complexity index is 3030. The normalized spacial score (nSPS) is 12.4. The van der Waals surface area contributed by atoms with Crippen molar-refractivity contribution in [2.45, 2.75) is 110 Å². The zero-order valence-corrected chi connectivity index (χ0v) is 40.6. The molecule has 0 spiro atoms. The number of hydrogen-bond acceptors (Lipinski definition) is 8. The summed E-state index contributed by atoms with van der Waals surface area (Å²) < 4.78 is 112. The average Bonchev–Trinajstić information content (AvgIpc) is 3.36. The number of benzene rings is 4. The molecule has 6 aromatic rings. The Morgan fingerprint density at radius 1 is 0.556 bits per heavy atom. The number of carbonyl (C=O) groups is 2. The van der Waals surface area contributed by atoms with E-state index in [-0.39, 0.29) is 60.9 Å². The molecule has 0 saturated heterocycles. The van der Waals surface area contributed by atoms with Crippen molar-refractivity contribution in [1.82, 2.24) is 14.5 Å². The van der Waals surface area contributed by atoms with Crippen molar-refractivity contribution in [1.29, 1.82) is 10.5 Å². The Morgan fingerprint density at radius 3 is 1.36 bits per heavy atom. The lowest BCUT2D eigenvalue weighted by molar-refractivity contribution is -0.138. The molecule has 2 aromatic heterocycles. The summed E-state index contributed by atoms with van der Waals surface area (Å²) >= 11 is 0. The molecule has 0 fully saturated rings. The molecule has 374 valence electrons. The number of carbonyl (C=O) groups excluding carboxylic acids is 2.